The number of alkyl halides is 1. The summed E-state index contributed by atoms with van der Waals surface area (Å²) in [5.41, 5.74) is 0. The largest absolute Gasteiger partial charge is 0.353 e. The monoisotopic (exact) mass is 221 g/mol. The summed E-state index contributed by atoms with van der Waals surface area (Å²) in [6, 6.07) is 0. The van der Waals surface area contributed by atoms with Crippen molar-refractivity contribution < 1.29 is 9.18 Å². The first-order chi connectivity index (χ1) is 5.20. The van der Waals surface area contributed by atoms with Gasteiger partial charge in [0, 0.05) is 17.7 Å². The van der Waals surface area contributed by atoms with E-state index in [2.05, 4.69) is 15.9 Å². The van der Waals surface area contributed by atoms with Gasteiger partial charge < -0.3 is 4.90 Å². The smallest absolute Gasteiger partial charge is 0.161 e. The van der Waals surface area contributed by atoms with Crippen LogP contribution in [0.15, 0.2) is 22.8 Å². The van der Waals surface area contributed by atoms with E-state index in [0.29, 0.717) is 10.8 Å². The number of carbonyl (C=O) groups excluding carboxylic acids is 1. The third-order valence-electron chi connectivity index (χ3n) is 0.866. The van der Waals surface area contributed by atoms with Gasteiger partial charge in [0.15, 0.2) is 6.80 Å². The molecule has 0 fully saturated rings. The zero-order valence-corrected chi connectivity index (χ0v) is 7.71. The number of allylic oxidation sites excluding steroid dienone is 3. The van der Waals surface area contributed by atoms with Crippen molar-refractivity contribution >= 4 is 22.2 Å². The van der Waals surface area contributed by atoms with E-state index in [-0.39, 0.29) is 0 Å². The van der Waals surface area contributed by atoms with Crippen LogP contribution in [-0.2, 0) is 4.79 Å². The Kier molecular flexibility index (Phi) is 5.74. The molecule has 0 bridgehead atoms. The van der Waals surface area contributed by atoms with E-state index in [1.807, 2.05) is 0 Å². The number of halogens is 2. The van der Waals surface area contributed by atoms with Crippen LogP contribution in [0.4, 0.5) is 4.39 Å². The van der Waals surface area contributed by atoms with Gasteiger partial charge in [0.05, 0.1) is 0 Å². The van der Waals surface area contributed by atoms with Crippen LogP contribution in [0, 0.1) is 0 Å². The van der Waals surface area contributed by atoms with Crippen LogP contribution in [-0.4, -0.2) is 25.0 Å². The van der Waals surface area contributed by atoms with Crippen LogP contribution in [0.25, 0.3) is 0 Å². The lowest BCUT2D eigenvalue weighted by molar-refractivity contribution is -0.104. The van der Waals surface area contributed by atoms with Crippen molar-refractivity contribution in [2.75, 3.05) is 13.8 Å². The normalized spacial score (nSPS) is 12.1. The lowest BCUT2D eigenvalue weighted by atomic mass is 10.5. The molecule has 2 nitrogen and oxygen atoms in total. The third kappa shape index (κ3) is 5.79. The first kappa shape index (κ1) is 10.4. The molecule has 0 aromatic carbocycles. The van der Waals surface area contributed by atoms with Gasteiger partial charge in [0.1, 0.15) is 6.29 Å². The highest BCUT2D eigenvalue weighted by atomic mass is 79.9. The number of rotatable bonds is 4. The second-order valence-electron chi connectivity index (χ2n) is 1.89. The van der Waals surface area contributed by atoms with Crippen molar-refractivity contribution in [2.24, 2.45) is 0 Å². The highest BCUT2D eigenvalue weighted by Crippen LogP contribution is 2.06. The maximum Gasteiger partial charge on any atom is 0.161 e. The molecule has 4 heteroatoms. The molecule has 0 saturated carbocycles. The number of nitrogens with zero attached hydrogens (tertiary/aromatic N) is 1. The Morgan fingerprint density at radius 3 is 2.82 bits per heavy atom. The van der Waals surface area contributed by atoms with Gasteiger partial charge in [0.25, 0.3) is 0 Å². The fourth-order valence-corrected chi connectivity index (χ4v) is 0.921. The molecule has 0 heterocycles. The van der Waals surface area contributed by atoms with Gasteiger partial charge in [-0.3, -0.25) is 4.79 Å². The van der Waals surface area contributed by atoms with Crippen LogP contribution < -0.4 is 0 Å². The first-order valence-corrected chi connectivity index (χ1v) is 3.75. The summed E-state index contributed by atoms with van der Waals surface area (Å²) in [7, 11) is 1.59. The molecule has 0 aromatic heterocycles. The highest BCUT2D eigenvalue weighted by molar-refractivity contribution is 9.11. The zero-order valence-electron chi connectivity index (χ0n) is 6.13. The highest BCUT2D eigenvalue weighted by Gasteiger charge is 1.89. The van der Waals surface area contributed by atoms with Gasteiger partial charge in [-0.2, -0.15) is 0 Å². The van der Waals surface area contributed by atoms with E-state index in [4.69, 9.17) is 0 Å². The molecule has 0 aliphatic rings. The lowest BCUT2D eigenvalue weighted by Gasteiger charge is -2.06. The summed E-state index contributed by atoms with van der Waals surface area (Å²) in [4.78, 5) is 11.2. The van der Waals surface area contributed by atoms with Crippen molar-refractivity contribution in [3.63, 3.8) is 0 Å². The summed E-state index contributed by atoms with van der Waals surface area (Å²) < 4.78 is 12.5. The van der Waals surface area contributed by atoms with Gasteiger partial charge in [-0.25, -0.2) is 4.39 Å². The molecule has 0 amide bonds. The van der Waals surface area contributed by atoms with E-state index in [1.165, 1.54) is 11.0 Å². The summed E-state index contributed by atoms with van der Waals surface area (Å²) in [6.07, 6.45) is 5.07. The van der Waals surface area contributed by atoms with E-state index in [1.54, 1.807) is 19.3 Å². The summed E-state index contributed by atoms with van der Waals surface area (Å²) in [5.74, 6) is 0. The quantitative estimate of drug-likeness (QED) is 0.313. The van der Waals surface area contributed by atoms with E-state index >= 15 is 0 Å². The van der Waals surface area contributed by atoms with E-state index in [9.17, 15) is 9.18 Å². The van der Waals surface area contributed by atoms with Crippen molar-refractivity contribution in [1.82, 2.24) is 4.90 Å². The molecule has 0 aliphatic carbocycles. The molecule has 11 heavy (non-hydrogen) atoms. The molecule has 0 atom stereocenters. The van der Waals surface area contributed by atoms with Crippen LogP contribution in [0.5, 0.6) is 0 Å². The molecule has 62 valence electrons. The number of aldehydes is 1. The minimum Gasteiger partial charge on any atom is -0.353 e. The zero-order chi connectivity index (χ0) is 8.69. The molecule has 0 spiro atoms. The maximum absolute atomic E-state index is 11.8. The minimum atomic E-state index is -0.552. The van der Waals surface area contributed by atoms with Crippen LogP contribution in [0.1, 0.15) is 0 Å². The molecule has 0 unspecified atom stereocenters. The molecular formula is C7H9BrFNO. The first-order valence-electron chi connectivity index (χ1n) is 2.96. The Morgan fingerprint density at radius 1 is 1.73 bits per heavy atom. The molecule has 0 N–H and O–H groups in total. The second-order valence-corrected chi connectivity index (χ2v) is 2.80. The standard InChI is InChI=1S/C7H9BrFNO/c1-10(6-9)5-7(8)3-2-4-11/h2-5H,6H2,1H3/b3-2-,7-5+. The van der Waals surface area contributed by atoms with Gasteiger partial charge in [-0.15, -0.1) is 0 Å². The van der Waals surface area contributed by atoms with Crippen LogP contribution in [0.2, 0.25) is 0 Å². The molecule has 0 aromatic rings. The number of hydrogen-bond donors (Lipinski definition) is 0. The second kappa shape index (κ2) is 6.09. The number of hydrogen-bond acceptors (Lipinski definition) is 2. The Morgan fingerprint density at radius 2 is 2.36 bits per heavy atom. The molecule has 0 radical (unpaired) electrons. The summed E-state index contributed by atoms with van der Waals surface area (Å²) in [6.45, 7) is -0.552. The molecule has 0 aliphatic heterocycles. The maximum atomic E-state index is 11.8. The lowest BCUT2D eigenvalue weighted by Crippen LogP contribution is -2.07. The predicted molar refractivity (Wildman–Crippen MR) is 46.0 cm³/mol. The number of carbonyl (C=O) groups is 1. The third-order valence-corrected chi connectivity index (χ3v) is 1.34. The Labute approximate surface area is 73.5 Å². The summed E-state index contributed by atoms with van der Waals surface area (Å²) in [5, 5.41) is 0. The minimum absolute atomic E-state index is 0.552. The van der Waals surface area contributed by atoms with Gasteiger partial charge in [0.2, 0.25) is 0 Å². The van der Waals surface area contributed by atoms with Gasteiger partial charge >= 0.3 is 0 Å². The van der Waals surface area contributed by atoms with Crippen molar-refractivity contribution in [3.05, 3.63) is 22.8 Å². The van der Waals surface area contributed by atoms with Crippen molar-refractivity contribution in [1.29, 1.82) is 0 Å². The van der Waals surface area contributed by atoms with E-state index < -0.39 is 6.80 Å². The molecular weight excluding hydrogens is 213 g/mol. The average molecular weight is 222 g/mol. The van der Waals surface area contributed by atoms with E-state index in [0.717, 1.165) is 0 Å². The average Bonchev–Trinajstić information content (AvgIpc) is 2.00. The Bertz CT molecular complexity index is 179. The fraction of sp³-hybridized carbons (Fsp3) is 0.286. The van der Waals surface area contributed by atoms with Crippen LogP contribution in [0.3, 0.4) is 0 Å². The van der Waals surface area contributed by atoms with Gasteiger partial charge in [-0.05, 0) is 28.1 Å². The van der Waals surface area contributed by atoms with Gasteiger partial charge in [-0.1, -0.05) is 0 Å². The SMILES string of the molecule is CN(/C=C(Br)\C=C/C=O)CF. The summed E-state index contributed by atoms with van der Waals surface area (Å²) >= 11 is 3.13. The van der Waals surface area contributed by atoms with Crippen molar-refractivity contribution in [3.8, 4) is 0 Å². The Balaban J connectivity index is 3.98. The molecule has 0 saturated heterocycles. The van der Waals surface area contributed by atoms with Crippen LogP contribution >= 0.6 is 15.9 Å². The fourth-order valence-electron chi connectivity index (χ4n) is 0.419. The topological polar surface area (TPSA) is 20.3 Å². The predicted octanol–water partition coefficient (Wildman–Crippen LogP) is 1.84. The Hall–Kier alpha value is -0.640. The van der Waals surface area contributed by atoms with Crippen molar-refractivity contribution in [2.45, 2.75) is 0 Å². The molecule has 0 rings (SSSR count).